The molecule has 0 aliphatic heterocycles. The van der Waals surface area contributed by atoms with Crippen molar-refractivity contribution in [2.45, 2.75) is 64.2 Å². The normalized spacial score (nSPS) is 18.3. The minimum absolute atomic E-state index is 0.00202. The smallest absolute Gasteiger partial charge is 0.345 e. The predicted molar refractivity (Wildman–Crippen MR) is 109 cm³/mol. The van der Waals surface area contributed by atoms with Crippen LogP contribution in [0.2, 0.25) is 0 Å². The van der Waals surface area contributed by atoms with Crippen LogP contribution in [-0.4, -0.2) is 25.2 Å². The number of carbonyl (C=O) groups excluding carboxylic acids is 2. The molecule has 152 valence electrons. The zero-order chi connectivity index (χ0) is 19.6. The lowest BCUT2D eigenvalue weighted by Crippen LogP contribution is -2.24. The summed E-state index contributed by atoms with van der Waals surface area (Å²) in [6.45, 7) is 0.780. The standard InChI is InChI=1S/C24H32O4/c25-23(27-17-20-12-6-2-7-13-20)22(16-19-10-4-1-5-11-19)24(26)28-18-21-14-8-3-9-15-21/h1,4-5,10-11,16,20-21H,2-3,6-9,12-15,17-18H2. The Hall–Kier alpha value is -2.10. The van der Waals surface area contributed by atoms with E-state index in [2.05, 4.69) is 0 Å². The lowest BCUT2D eigenvalue weighted by Gasteiger charge is -2.22. The summed E-state index contributed by atoms with van der Waals surface area (Å²) in [5, 5.41) is 0. The van der Waals surface area contributed by atoms with Crippen LogP contribution in [0.5, 0.6) is 0 Å². The van der Waals surface area contributed by atoms with Crippen LogP contribution in [0.15, 0.2) is 35.9 Å². The molecule has 0 N–H and O–H groups in total. The van der Waals surface area contributed by atoms with E-state index in [1.807, 2.05) is 30.3 Å². The van der Waals surface area contributed by atoms with Crippen molar-refractivity contribution in [3.63, 3.8) is 0 Å². The van der Waals surface area contributed by atoms with Crippen molar-refractivity contribution in [2.75, 3.05) is 13.2 Å². The summed E-state index contributed by atoms with van der Waals surface area (Å²) in [5.41, 5.74) is 0.791. The maximum atomic E-state index is 12.7. The molecular formula is C24H32O4. The van der Waals surface area contributed by atoms with Gasteiger partial charge in [-0.15, -0.1) is 0 Å². The van der Waals surface area contributed by atoms with Crippen LogP contribution in [0.25, 0.3) is 6.08 Å². The fourth-order valence-corrected chi connectivity index (χ4v) is 4.17. The SMILES string of the molecule is O=C(OCC1CCCCC1)C(=Cc1ccccc1)C(=O)OCC1CCCCC1. The Balaban J connectivity index is 1.62. The summed E-state index contributed by atoms with van der Waals surface area (Å²) in [6, 6.07) is 9.39. The molecule has 0 radical (unpaired) electrons. The van der Waals surface area contributed by atoms with Gasteiger partial charge in [-0.3, -0.25) is 0 Å². The lowest BCUT2D eigenvalue weighted by molar-refractivity contribution is -0.148. The summed E-state index contributed by atoms with van der Waals surface area (Å²) in [7, 11) is 0. The van der Waals surface area contributed by atoms with E-state index < -0.39 is 11.9 Å². The van der Waals surface area contributed by atoms with Gasteiger partial charge in [-0.1, -0.05) is 68.9 Å². The minimum atomic E-state index is -0.567. The molecular weight excluding hydrogens is 352 g/mol. The number of carbonyl (C=O) groups is 2. The second-order valence-corrected chi connectivity index (χ2v) is 8.17. The van der Waals surface area contributed by atoms with E-state index in [1.54, 1.807) is 6.08 Å². The van der Waals surface area contributed by atoms with Gasteiger partial charge in [0, 0.05) is 0 Å². The van der Waals surface area contributed by atoms with Crippen molar-refractivity contribution in [2.24, 2.45) is 11.8 Å². The predicted octanol–water partition coefficient (Wildman–Crippen LogP) is 5.32. The Kier molecular flexibility index (Phi) is 8.13. The van der Waals surface area contributed by atoms with E-state index in [1.165, 1.54) is 38.5 Å². The van der Waals surface area contributed by atoms with Gasteiger partial charge in [-0.2, -0.15) is 0 Å². The number of hydrogen-bond acceptors (Lipinski definition) is 4. The van der Waals surface area contributed by atoms with Crippen LogP contribution in [0.3, 0.4) is 0 Å². The first-order valence-electron chi connectivity index (χ1n) is 10.8. The first kappa shape index (κ1) is 20.6. The Bertz CT molecular complexity index is 616. The Labute approximate surface area is 168 Å². The molecule has 0 aromatic heterocycles. The van der Waals surface area contributed by atoms with Crippen LogP contribution in [0.1, 0.15) is 69.8 Å². The zero-order valence-electron chi connectivity index (χ0n) is 16.7. The Morgan fingerprint density at radius 1 is 0.750 bits per heavy atom. The highest BCUT2D eigenvalue weighted by molar-refractivity contribution is 6.17. The minimum Gasteiger partial charge on any atom is -0.462 e. The van der Waals surface area contributed by atoms with Gasteiger partial charge in [0.2, 0.25) is 0 Å². The van der Waals surface area contributed by atoms with E-state index in [9.17, 15) is 9.59 Å². The molecule has 0 atom stereocenters. The van der Waals surface area contributed by atoms with Crippen molar-refractivity contribution in [3.05, 3.63) is 41.5 Å². The van der Waals surface area contributed by atoms with Crippen molar-refractivity contribution in [1.29, 1.82) is 0 Å². The molecule has 2 aliphatic rings. The highest BCUT2D eigenvalue weighted by Gasteiger charge is 2.25. The van der Waals surface area contributed by atoms with Gasteiger partial charge in [-0.25, -0.2) is 9.59 Å². The number of ether oxygens (including phenoxy) is 2. The summed E-state index contributed by atoms with van der Waals surface area (Å²) < 4.78 is 11.0. The molecule has 4 heteroatoms. The van der Waals surface area contributed by atoms with Crippen LogP contribution >= 0.6 is 0 Å². The van der Waals surface area contributed by atoms with E-state index in [0.717, 1.165) is 31.2 Å². The van der Waals surface area contributed by atoms with Crippen LogP contribution < -0.4 is 0 Å². The van der Waals surface area contributed by atoms with E-state index >= 15 is 0 Å². The first-order chi connectivity index (χ1) is 13.7. The number of rotatable bonds is 7. The summed E-state index contributed by atoms with van der Waals surface area (Å²) >= 11 is 0. The summed E-state index contributed by atoms with van der Waals surface area (Å²) in [4.78, 5) is 25.4. The molecule has 2 aliphatic carbocycles. The first-order valence-corrected chi connectivity index (χ1v) is 10.8. The quantitative estimate of drug-likeness (QED) is 0.276. The second kappa shape index (κ2) is 11.0. The van der Waals surface area contributed by atoms with Gasteiger partial charge < -0.3 is 9.47 Å². The van der Waals surface area contributed by atoms with Crippen LogP contribution in [0, 0.1) is 11.8 Å². The molecule has 0 heterocycles. The molecule has 0 saturated heterocycles. The van der Waals surface area contributed by atoms with E-state index in [4.69, 9.17) is 9.47 Å². The lowest BCUT2D eigenvalue weighted by atomic mass is 9.90. The summed E-state index contributed by atoms with van der Waals surface area (Å²) in [6.07, 6.45) is 13.3. The fourth-order valence-electron chi connectivity index (χ4n) is 4.17. The van der Waals surface area contributed by atoms with Gasteiger partial charge in [0.25, 0.3) is 0 Å². The van der Waals surface area contributed by atoms with Gasteiger partial charge in [0.05, 0.1) is 13.2 Å². The highest BCUT2D eigenvalue weighted by atomic mass is 16.6. The van der Waals surface area contributed by atoms with Crippen molar-refractivity contribution in [1.82, 2.24) is 0 Å². The number of hydrogen-bond donors (Lipinski definition) is 0. The van der Waals surface area contributed by atoms with Gasteiger partial charge in [0.1, 0.15) is 5.57 Å². The Morgan fingerprint density at radius 2 is 1.21 bits per heavy atom. The second-order valence-electron chi connectivity index (χ2n) is 8.17. The number of benzene rings is 1. The molecule has 2 fully saturated rings. The van der Waals surface area contributed by atoms with Gasteiger partial charge >= 0.3 is 11.9 Å². The average molecular weight is 385 g/mol. The molecule has 0 amide bonds. The topological polar surface area (TPSA) is 52.6 Å². The van der Waals surface area contributed by atoms with Crippen LogP contribution in [-0.2, 0) is 19.1 Å². The van der Waals surface area contributed by atoms with E-state index in [0.29, 0.717) is 25.0 Å². The molecule has 28 heavy (non-hydrogen) atoms. The van der Waals surface area contributed by atoms with Crippen LogP contribution in [0.4, 0.5) is 0 Å². The molecule has 2 saturated carbocycles. The molecule has 3 rings (SSSR count). The number of esters is 2. The monoisotopic (exact) mass is 384 g/mol. The zero-order valence-corrected chi connectivity index (χ0v) is 16.7. The van der Waals surface area contributed by atoms with E-state index in [-0.39, 0.29) is 5.57 Å². The maximum absolute atomic E-state index is 12.7. The van der Waals surface area contributed by atoms with Crippen molar-refractivity contribution >= 4 is 18.0 Å². The third kappa shape index (κ3) is 6.50. The van der Waals surface area contributed by atoms with Crippen molar-refractivity contribution in [3.8, 4) is 0 Å². The molecule has 0 unspecified atom stereocenters. The largest absolute Gasteiger partial charge is 0.462 e. The average Bonchev–Trinajstić information content (AvgIpc) is 2.76. The molecule has 1 aromatic rings. The summed E-state index contributed by atoms with van der Waals surface area (Å²) in [5.74, 6) is -0.311. The van der Waals surface area contributed by atoms with Gasteiger partial charge in [-0.05, 0) is 49.2 Å². The molecule has 0 spiro atoms. The molecule has 4 nitrogen and oxygen atoms in total. The third-order valence-corrected chi connectivity index (χ3v) is 5.90. The molecule has 1 aromatic carbocycles. The fraction of sp³-hybridized carbons (Fsp3) is 0.583. The van der Waals surface area contributed by atoms with Crippen molar-refractivity contribution < 1.29 is 19.1 Å². The third-order valence-electron chi connectivity index (χ3n) is 5.90. The Morgan fingerprint density at radius 3 is 1.68 bits per heavy atom. The maximum Gasteiger partial charge on any atom is 0.345 e. The van der Waals surface area contributed by atoms with Gasteiger partial charge in [0.15, 0.2) is 0 Å². The molecule has 0 bridgehead atoms. The highest BCUT2D eigenvalue weighted by Crippen LogP contribution is 2.25.